The fraction of sp³-hybridized carbons (Fsp3) is 0.474. The van der Waals surface area contributed by atoms with Crippen LogP contribution in [0.5, 0.6) is 0 Å². The van der Waals surface area contributed by atoms with Crippen LogP contribution in [0.15, 0.2) is 42.5 Å². The first kappa shape index (κ1) is 12.4. The lowest BCUT2D eigenvalue weighted by atomic mass is 9.75. The van der Waals surface area contributed by atoms with Gasteiger partial charge in [0.15, 0.2) is 0 Å². The molecule has 1 heteroatoms. The smallest absolute Gasteiger partial charge is 0.00149 e. The zero-order valence-corrected chi connectivity index (χ0v) is 12.2. The van der Waals surface area contributed by atoms with Crippen LogP contribution in [-0.4, -0.2) is 13.6 Å². The molecule has 2 fully saturated rings. The van der Waals surface area contributed by atoms with Crippen molar-refractivity contribution in [3.63, 3.8) is 0 Å². The molecule has 4 rings (SSSR count). The average molecular weight is 265 g/mol. The third-order valence-electron chi connectivity index (χ3n) is 5.69. The number of hydrogen-bond donors (Lipinski definition) is 1. The Balaban J connectivity index is 1.73. The van der Waals surface area contributed by atoms with Crippen molar-refractivity contribution in [1.82, 2.24) is 5.32 Å². The second-order valence-electron chi connectivity index (χ2n) is 6.69. The predicted molar refractivity (Wildman–Crippen MR) is 84.9 cm³/mol. The van der Waals surface area contributed by atoms with Crippen molar-refractivity contribution in [2.45, 2.75) is 25.2 Å². The zero-order valence-electron chi connectivity index (χ0n) is 12.2. The lowest BCUT2D eigenvalue weighted by Crippen LogP contribution is -2.29. The minimum Gasteiger partial charge on any atom is -0.319 e. The molecule has 0 spiro atoms. The molecular formula is C19H23N. The van der Waals surface area contributed by atoms with Crippen molar-refractivity contribution in [3.8, 4) is 0 Å². The van der Waals surface area contributed by atoms with Crippen LogP contribution in [0.3, 0.4) is 0 Å². The summed E-state index contributed by atoms with van der Waals surface area (Å²) < 4.78 is 0. The molecule has 104 valence electrons. The second-order valence-corrected chi connectivity index (χ2v) is 6.69. The van der Waals surface area contributed by atoms with E-state index in [0.29, 0.717) is 0 Å². The van der Waals surface area contributed by atoms with Gasteiger partial charge < -0.3 is 5.32 Å². The van der Waals surface area contributed by atoms with Gasteiger partial charge in [-0.1, -0.05) is 42.5 Å². The highest BCUT2D eigenvalue weighted by Gasteiger charge is 2.47. The van der Waals surface area contributed by atoms with Crippen molar-refractivity contribution in [1.29, 1.82) is 0 Å². The lowest BCUT2D eigenvalue weighted by molar-refractivity contribution is 0.282. The van der Waals surface area contributed by atoms with E-state index < -0.39 is 0 Å². The molecule has 0 heterocycles. The molecule has 0 aliphatic heterocycles. The van der Waals surface area contributed by atoms with Crippen LogP contribution < -0.4 is 5.32 Å². The summed E-state index contributed by atoms with van der Waals surface area (Å²) in [5, 5.41) is 6.20. The van der Waals surface area contributed by atoms with Crippen molar-refractivity contribution >= 4 is 10.8 Å². The summed E-state index contributed by atoms with van der Waals surface area (Å²) in [6.07, 6.45) is 4.37. The molecule has 2 unspecified atom stereocenters. The van der Waals surface area contributed by atoms with E-state index in [-0.39, 0.29) is 0 Å². The third kappa shape index (κ3) is 1.88. The maximum absolute atomic E-state index is 3.43. The summed E-state index contributed by atoms with van der Waals surface area (Å²) in [5.74, 6) is 3.52. The summed E-state index contributed by atoms with van der Waals surface area (Å²) >= 11 is 0. The molecule has 4 atom stereocenters. The number of rotatable bonds is 3. The lowest BCUT2D eigenvalue weighted by Gasteiger charge is -2.31. The molecule has 1 nitrogen and oxygen atoms in total. The fourth-order valence-corrected chi connectivity index (χ4v) is 4.87. The minimum atomic E-state index is 0.783. The van der Waals surface area contributed by atoms with Gasteiger partial charge in [0.2, 0.25) is 0 Å². The molecule has 0 amide bonds. The highest BCUT2D eigenvalue weighted by Crippen LogP contribution is 2.56. The van der Waals surface area contributed by atoms with Gasteiger partial charge in [0.1, 0.15) is 0 Å². The molecule has 0 radical (unpaired) electrons. The number of hydrogen-bond acceptors (Lipinski definition) is 1. The van der Waals surface area contributed by atoms with Crippen LogP contribution in [0.4, 0.5) is 0 Å². The quantitative estimate of drug-likeness (QED) is 0.877. The SMILES string of the molecule is CNC[C@@H]1C2CCC(C2)[C@H]1c1ccc2ccccc2c1. The summed E-state index contributed by atoms with van der Waals surface area (Å²) in [5.41, 5.74) is 1.58. The summed E-state index contributed by atoms with van der Waals surface area (Å²) in [6.45, 7) is 1.18. The molecule has 1 N–H and O–H groups in total. The molecule has 2 bridgehead atoms. The molecule has 2 aliphatic rings. The summed E-state index contributed by atoms with van der Waals surface area (Å²) in [7, 11) is 2.10. The van der Waals surface area contributed by atoms with E-state index in [0.717, 1.165) is 23.7 Å². The zero-order chi connectivity index (χ0) is 13.5. The standard InChI is InChI=1S/C19H23N/c1-20-12-18-15-7-9-17(11-15)19(18)16-8-6-13-4-2-3-5-14(13)10-16/h2-6,8,10,15,17-20H,7,9,11-12H2,1H3/t15?,17?,18-,19-/m1/s1. The van der Waals surface area contributed by atoms with Gasteiger partial charge in [0.05, 0.1) is 0 Å². The maximum Gasteiger partial charge on any atom is -0.00149 e. The predicted octanol–water partition coefficient (Wildman–Crippen LogP) is 4.19. The molecule has 20 heavy (non-hydrogen) atoms. The first-order chi connectivity index (χ1) is 9.86. The van der Waals surface area contributed by atoms with E-state index in [1.54, 1.807) is 5.56 Å². The van der Waals surface area contributed by atoms with E-state index in [9.17, 15) is 0 Å². The van der Waals surface area contributed by atoms with Crippen LogP contribution in [0, 0.1) is 17.8 Å². The largest absolute Gasteiger partial charge is 0.319 e. The number of benzene rings is 2. The third-order valence-corrected chi connectivity index (χ3v) is 5.69. The highest BCUT2D eigenvalue weighted by atomic mass is 14.8. The van der Waals surface area contributed by atoms with Gasteiger partial charge in [-0.25, -0.2) is 0 Å². The van der Waals surface area contributed by atoms with Crippen molar-refractivity contribution in [3.05, 3.63) is 48.0 Å². The van der Waals surface area contributed by atoms with E-state index in [1.807, 2.05) is 0 Å². The molecule has 2 saturated carbocycles. The Labute approximate surface area is 121 Å². The van der Waals surface area contributed by atoms with Crippen LogP contribution in [0.25, 0.3) is 10.8 Å². The van der Waals surface area contributed by atoms with E-state index >= 15 is 0 Å². The highest BCUT2D eigenvalue weighted by molar-refractivity contribution is 5.83. The Morgan fingerprint density at radius 2 is 1.80 bits per heavy atom. The van der Waals surface area contributed by atoms with Crippen LogP contribution in [0.1, 0.15) is 30.7 Å². The minimum absolute atomic E-state index is 0.783. The Hall–Kier alpha value is -1.34. The average Bonchev–Trinajstić information content (AvgIpc) is 3.08. The van der Waals surface area contributed by atoms with Gasteiger partial charge in [0.25, 0.3) is 0 Å². The molecule has 2 aliphatic carbocycles. The normalized spacial score (nSPS) is 32.0. The van der Waals surface area contributed by atoms with E-state index in [1.165, 1.54) is 36.6 Å². The first-order valence-corrected chi connectivity index (χ1v) is 8.00. The van der Waals surface area contributed by atoms with E-state index in [4.69, 9.17) is 0 Å². The Morgan fingerprint density at radius 1 is 1.00 bits per heavy atom. The molecule has 2 aromatic rings. The second kappa shape index (κ2) is 4.89. The van der Waals surface area contributed by atoms with Crippen LogP contribution in [0.2, 0.25) is 0 Å². The molecular weight excluding hydrogens is 242 g/mol. The van der Waals surface area contributed by atoms with Crippen LogP contribution >= 0.6 is 0 Å². The van der Waals surface area contributed by atoms with Gasteiger partial charge in [-0.05, 0) is 72.9 Å². The van der Waals surface area contributed by atoms with Gasteiger partial charge in [0, 0.05) is 0 Å². The monoisotopic (exact) mass is 265 g/mol. The molecule has 0 saturated heterocycles. The number of nitrogens with one attached hydrogen (secondary N) is 1. The molecule has 2 aromatic carbocycles. The van der Waals surface area contributed by atoms with Crippen molar-refractivity contribution in [2.75, 3.05) is 13.6 Å². The topological polar surface area (TPSA) is 12.0 Å². The maximum atomic E-state index is 3.43. The van der Waals surface area contributed by atoms with Crippen LogP contribution in [-0.2, 0) is 0 Å². The first-order valence-electron chi connectivity index (χ1n) is 8.00. The molecule has 0 aromatic heterocycles. The Morgan fingerprint density at radius 3 is 2.65 bits per heavy atom. The van der Waals surface area contributed by atoms with Gasteiger partial charge >= 0.3 is 0 Å². The van der Waals surface area contributed by atoms with E-state index in [2.05, 4.69) is 54.8 Å². The van der Waals surface area contributed by atoms with Gasteiger partial charge in [-0.3, -0.25) is 0 Å². The van der Waals surface area contributed by atoms with Gasteiger partial charge in [-0.15, -0.1) is 0 Å². The van der Waals surface area contributed by atoms with Crippen molar-refractivity contribution < 1.29 is 0 Å². The fourth-order valence-electron chi connectivity index (χ4n) is 4.87. The Kier molecular flexibility index (Phi) is 3.03. The van der Waals surface area contributed by atoms with Crippen molar-refractivity contribution in [2.24, 2.45) is 17.8 Å². The Bertz CT molecular complexity index is 618. The number of fused-ring (bicyclic) bond motifs is 3. The summed E-state index contributed by atoms with van der Waals surface area (Å²) in [4.78, 5) is 0. The van der Waals surface area contributed by atoms with Gasteiger partial charge in [-0.2, -0.15) is 0 Å². The summed E-state index contributed by atoms with van der Waals surface area (Å²) in [6, 6.07) is 15.9.